The molecular weight excluding hydrogens is 437 g/mol. The Kier molecular flexibility index (Phi) is 5.96. The number of hydrogen-bond acceptors (Lipinski definition) is 5. The molecule has 0 saturated carbocycles. The molecule has 1 heterocycles. The van der Waals surface area contributed by atoms with Gasteiger partial charge in [-0.2, -0.15) is 0 Å². The molecule has 0 bridgehead atoms. The van der Waals surface area contributed by atoms with Crippen LogP contribution in [0.1, 0.15) is 18.9 Å². The van der Waals surface area contributed by atoms with Gasteiger partial charge in [-0.05, 0) is 50.2 Å². The van der Waals surface area contributed by atoms with Crippen molar-refractivity contribution in [1.82, 2.24) is 4.98 Å². The molecule has 0 N–H and O–H groups in total. The van der Waals surface area contributed by atoms with Gasteiger partial charge in [-0.15, -0.1) is 11.3 Å². The number of hydrogen-bond donors (Lipinski definition) is 0. The van der Waals surface area contributed by atoms with Crippen LogP contribution in [0.25, 0.3) is 11.3 Å². The smallest absolute Gasteiger partial charge is 0.190 e. The number of Topliss-reactive ketones (excluding diaryl/α,β-unsaturated/α-hetero) is 1. The summed E-state index contributed by atoms with van der Waals surface area (Å²) in [5, 5.41) is 3.46. The van der Waals surface area contributed by atoms with Crippen LogP contribution in [0.4, 0.5) is 0 Å². The van der Waals surface area contributed by atoms with E-state index in [9.17, 15) is 13.2 Å². The van der Waals surface area contributed by atoms with Gasteiger partial charge in [0.2, 0.25) is 0 Å². The second-order valence-corrected chi connectivity index (χ2v) is 11.0. The lowest BCUT2D eigenvalue weighted by atomic mass is 10.1. The van der Waals surface area contributed by atoms with Gasteiger partial charge in [0.25, 0.3) is 0 Å². The second-order valence-electron chi connectivity index (χ2n) is 6.70. The second kappa shape index (κ2) is 7.95. The molecular formula is C20H17Cl2NO3S2. The molecule has 0 atom stereocenters. The maximum absolute atomic E-state index is 13.0. The third-order valence-electron chi connectivity index (χ3n) is 4.47. The fourth-order valence-corrected chi connectivity index (χ4v) is 5.06. The summed E-state index contributed by atoms with van der Waals surface area (Å²) in [6.45, 7) is 2.85. The summed E-state index contributed by atoms with van der Waals surface area (Å²) >= 11 is 13.1. The van der Waals surface area contributed by atoms with Gasteiger partial charge < -0.3 is 0 Å². The van der Waals surface area contributed by atoms with E-state index >= 15 is 0 Å². The molecule has 0 aliphatic rings. The first kappa shape index (κ1) is 21.0. The van der Waals surface area contributed by atoms with Crippen LogP contribution < -0.4 is 0 Å². The fourth-order valence-electron chi connectivity index (χ4n) is 2.55. The molecule has 0 spiro atoms. The number of benzene rings is 2. The monoisotopic (exact) mass is 453 g/mol. The van der Waals surface area contributed by atoms with Crippen LogP contribution in [0.2, 0.25) is 10.0 Å². The summed E-state index contributed by atoms with van der Waals surface area (Å²) in [5.74, 6) is -0.417. The van der Waals surface area contributed by atoms with Crippen molar-refractivity contribution in [3.8, 4) is 11.3 Å². The van der Waals surface area contributed by atoms with Crippen LogP contribution in [-0.2, 0) is 21.1 Å². The molecule has 0 amide bonds. The van der Waals surface area contributed by atoms with E-state index in [-0.39, 0.29) is 11.3 Å². The van der Waals surface area contributed by atoms with Gasteiger partial charge in [-0.3, -0.25) is 4.79 Å². The van der Waals surface area contributed by atoms with Crippen molar-refractivity contribution in [3.63, 3.8) is 0 Å². The van der Waals surface area contributed by atoms with Crippen LogP contribution >= 0.6 is 34.5 Å². The van der Waals surface area contributed by atoms with Crippen molar-refractivity contribution in [2.24, 2.45) is 0 Å². The molecule has 28 heavy (non-hydrogen) atoms. The zero-order valence-electron chi connectivity index (χ0n) is 15.1. The van der Waals surface area contributed by atoms with Crippen LogP contribution in [0, 0.1) is 0 Å². The first-order valence-electron chi connectivity index (χ1n) is 8.35. The third kappa shape index (κ3) is 4.15. The van der Waals surface area contributed by atoms with Gasteiger partial charge in [-0.25, -0.2) is 13.4 Å². The van der Waals surface area contributed by atoms with Crippen molar-refractivity contribution in [3.05, 3.63) is 69.0 Å². The van der Waals surface area contributed by atoms with Crippen molar-refractivity contribution < 1.29 is 13.2 Å². The summed E-state index contributed by atoms with van der Waals surface area (Å²) in [6, 6.07) is 13.0. The first-order valence-corrected chi connectivity index (χ1v) is 11.5. The van der Waals surface area contributed by atoms with Crippen molar-refractivity contribution >= 4 is 50.2 Å². The van der Waals surface area contributed by atoms with E-state index in [4.69, 9.17) is 23.2 Å². The number of sulfone groups is 1. The Morgan fingerprint density at radius 2 is 1.54 bits per heavy atom. The van der Waals surface area contributed by atoms with E-state index in [2.05, 4.69) is 4.98 Å². The number of carbonyl (C=O) groups excluding carboxylic acids is 1. The number of halogens is 2. The van der Waals surface area contributed by atoms with Gasteiger partial charge in [0.05, 0.1) is 17.0 Å². The lowest BCUT2D eigenvalue weighted by Gasteiger charge is -2.23. The highest BCUT2D eigenvalue weighted by molar-refractivity contribution is 7.93. The molecule has 3 rings (SSSR count). The number of carbonyl (C=O) groups is 1. The third-order valence-corrected chi connectivity index (χ3v) is 8.29. The van der Waals surface area contributed by atoms with Crippen molar-refractivity contribution in [2.75, 3.05) is 0 Å². The molecule has 0 aliphatic heterocycles. The minimum absolute atomic E-state index is 0.0575. The minimum Gasteiger partial charge on any atom is -0.297 e. The molecule has 8 heteroatoms. The fraction of sp³-hybridized carbons (Fsp3) is 0.200. The van der Waals surface area contributed by atoms with Gasteiger partial charge in [0.1, 0.15) is 9.75 Å². The molecule has 1 aromatic heterocycles. The highest BCUT2D eigenvalue weighted by Crippen LogP contribution is 2.30. The average Bonchev–Trinajstić information content (AvgIpc) is 3.11. The van der Waals surface area contributed by atoms with Crippen molar-refractivity contribution in [1.29, 1.82) is 0 Å². The number of rotatable bonds is 6. The van der Waals surface area contributed by atoms with E-state index < -0.39 is 20.4 Å². The van der Waals surface area contributed by atoms with Crippen LogP contribution in [0.5, 0.6) is 0 Å². The molecule has 0 unspecified atom stereocenters. The maximum atomic E-state index is 13.0. The zero-order valence-corrected chi connectivity index (χ0v) is 18.3. The Hall–Kier alpha value is -1.73. The van der Waals surface area contributed by atoms with E-state index in [0.717, 1.165) is 11.3 Å². The average molecular weight is 454 g/mol. The van der Waals surface area contributed by atoms with E-state index in [0.29, 0.717) is 15.1 Å². The molecule has 4 nitrogen and oxygen atoms in total. The Labute approximate surface area is 178 Å². The summed E-state index contributed by atoms with van der Waals surface area (Å²) < 4.78 is 24.3. The maximum Gasteiger partial charge on any atom is 0.190 e. The predicted molar refractivity (Wildman–Crippen MR) is 114 cm³/mol. The number of aromatic nitrogens is 1. The first-order chi connectivity index (χ1) is 13.1. The number of thiazole rings is 1. The quantitative estimate of drug-likeness (QED) is 0.495. The van der Waals surface area contributed by atoms with Gasteiger partial charge in [0.15, 0.2) is 15.6 Å². The normalized spacial score (nSPS) is 12.1. The Morgan fingerprint density at radius 3 is 2.11 bits per heavy atom. The summed E-state index contributed by atoms with van der Waals surface area (Å²) in [5.41, 5.74) is 1.61. The lowest BCUT2D eigenvalue weighted by Crippen LogP contribution is -2.41. The van der Waals surface area contributed by atoms with Gasteiger partial charge in [0, 0.05) is 21.0 Å². The Morgan fingerprint density at radius 1 is 1.00 bits per heavy atom. The Bertz CT molecular complexity index is 1100. The van der Waals surface area contributed by atoms with E-state index in [1.807, 2.05) is 17.5 Å². The van der Waals surface area contributed by atoms with Crippen LogP contribution in [0.15, 0.2) is 58.8 Å². The van der Waals surface area contributed by atoms with Crippen LogP contribution in [-0.4, -0.2) is 23.9 Å². The topological polar surface area (TPSA) is 64.1 Å². The van der Waals surface area contributed by atoms with Crippen molar-refractivity contribution in [2.45, 2.75) is 29.9 Å². The van der Waals surface area contributed by atoms with Crippen LogP contribution in [0.3, 0.4) is 0 Å². The summed E-state index contributed by atoms with van der Waals surface area (Å²) in [4.78, 5) is 17.4. The predicted octanol–water partition coefficient (Wildman–Crippen LogP) is 5.48. The number of ketones is 1. The SMILES string of the molecule is CC(C)(C(=O)Cc1nc(-c2ccc(Cl)cc2)cs1)S(=O)(=O)c1ccc(Cl)cc1. The molecule has 0 saturated heterocycles. The molecule has 2 aromatic carbocycles. The number of nitrogens with zero attached hydrogens (tertiary/aromatic N) is 1. The minimum atomic E-state index is -3.87. The molecule has 0 aliphatic carbocycles. The van der Waals surface area contributed by atoms with Gasteiger partial charge in [-0.1, -0.05) is 35.3 Å². The molecule has 0 radical (unpaired) electrons. The largest absolute Gasteiger partial charge is 0.297 e. The summed E-state index contributed by atoms with van der Waals surface area (Å²) in [6.07, 6.45) is -0.0575. The molecule has 3 aromatic rings. The Balaban J connectivity index is 1.82. The van der Waals surface area contributed by atoms with E-state index in [1.54, 1.807) is 12.1 Å². The molecule has 0 fully saturated rings. The van der Waals surface area contributed by atoms with E-state index in [1.165, 1.54) is 49.4 Å². The highest BCUT2D eigenvalue weighted by Gasteiger charge is 2.42. The highest BCUT2D eigenvalue weighted by atomic mass is 35.5. The lowest BCUT2D eigenvalue weighted by molar-refractivity contribution is -0.120. The summed E-state index contributed by atoms with van der Waals surface area (Å²) in [7, 11) is -3.87. The van der Waals surface area contributed by atoms with Gasteiger partial charge >= 0.3 is 0 Å². The standard InChI is InChI=1S/C20H17Cl2NO3S2/c1-20(2,28(25,26)16-9-7-15(22)8-10-16)18(24)11-19-23-17(12-27-19)13-3-5-14(21)6-4-13/h3-10,12H,11H2,1-2H3. The molecule has 146 valence electrons. The zero-order chi connectivity index (χ0) is 20.5.